The van der Waals surface area contributed by atoms with E-state index in [0.29, 0.717) is 32.1 Å². The van der Waals surface area contributed by atoms with Crippen LogP contribution in [0.1, 0.15) is 99.2 Å². The molecule has 14 nitrogen and oxygen atoms in total. The van der Waals surface area contributed by atoms with Gasteiger partial charge in [0.15, 0.2) is 0 Å². The molecule has 300 valence electrons. The maximum absolute atomic E-state index is 14.3. The summed E-state index contributed by atoms with van der Waals surface area (Å²) in [6.45, 7) is 10.4. The minimum Gasteiger partial charge on any atom is -0.542 e. The molecule has 2 saturated carbocycles. The van der Waals surface area contributed by atoms with Crippen LogP contribution in [0.4, 0.5) is 13.2 Å². The number of nitrogens with zero attached hydrogens (tertiary/aromatic N) is 1. The van der Waals surface area contributed by atoms with Crippen LogP contribution in [-0.2, 0) is 43.5 Å². The molecule has 0 aromatic rings. The van der Waals surface area contributed by atoms with Gasteiger partial charge in [0, 0.05) is 31.0 Å². The van der Waals surface area contributed by atoms with Gasteiger partial charge in [-0.15, -0.1) is 6.58 Å². The lowest BCUT2D eigenvalue weighted by molar-refractivity contribution is -0.344. The van der Waals surface area contributed by atoms with Crippen molar-refractivity contribution in [2.75, 3.05) is 19.8 Å². The van der Waals surface area contributed by atoms with Crippen LogP contribution in [0.5, 0.6) is 0 Å². The number of cyclic esters (lactones) is 1. The number of piperidine rings is 1. The molecule has 3 amide bonds. The van der Waals surface area contributed by atoms with Gasteiger partial charge in [0.2, 0.25) is 21.8 Å². The molecule has 53 heavy (non-hydrogen) atoms. The highest BCUT2D eigenvalue weighted by molar-refractivity contribution is 7.91. The van der Waals surface area contributed by atoms with Gasteiger partial charge in [-0.3, -0.25) is 23.9 Å². The minimum absolute atomic E-state index is 0. The van der Waals surface area contributed by atoms with E-state index in [1.54, 1.807) is 0 Å². The number of carbonyl (C=O) groups excluding carboxylic acids is 5. The molecule has 2 unspecified atom stereocenters. The standard InChI is InChI=1S/C33H52N4O8S.C2HF3O2/c1-5-21-18-33(21,31(41)36-46(42,43)25-13-14-25)35-29(39)27-16-24-19-37(27)30(40)26(32(2,3)4)17-28(38)44-15-8-6-7-10-22-11-9-12-23(34-22)20-45-24;3-2(4,5)1(6)7/h5,21-27,34H,1,6-20H2,2-4H3,(H,35,39)(H,36,41);(H,6,7)/t21-,22?,23?,24-,26-,27+,33-;/m1./s1. The first kappa shape index (κ1) is 42.5. The predicted molar refractivity (Wildman–Crippen MR) is 183 cm³/mol. The maximum Gasteiger partial charge on any atom is 1.00 e. The quantitative estimate of drug-likeness (QED) is 0.262. The lowest BCUT2D eigenvalue weighted by Crippen LogP contribution is -2.57. The zero-order valence-electron chi connectivity index (χ0n) is 31.5. The van der Waals surface area contributed by atoms with E-state index >= 15 is 0 Å². The van der Waals surface area contributed by atoms with Crippen LogP contribution in [0.3, 0.4) is 0 Å². The number of sulfonamides is 1. The van der Waals surface area contributed by atoms with E-state index in [4.69, 9.17) is 19.4 Å². The summed E-state index contributed by atoms with van der Waals surface area (Å²) in [4.78, 5) is 64.9. The number of aliphatic carboxylic acids is 1. The summed E-state index contributed by atoms with van der Waals surface area (Å²) >= 11 is 0. The number of alkyl halides is 3. The summed E-state index contributed by atoms with van der Waals surface area (Å²) in [6, 6.07) is -0.389. The van der Waals surface area contributed by atoms with Gasteiger partial charge in [0.1, 0.15) is 17.6 Å². The Kier molecular flexibility index (Phi) is 13.7. The van der Waals surface area contributed by atoms with Gasteiger partial charge in [-0.2, -0.15) is 13.2 Å². The second-order valence-electron chi connectivity index (χ2n) is 15.8. The number of ether oxygens (including phenoxy) is 2. The van der Waals surface area contributed by atoms with Crippen molar-refractivity contribution >= 4 is 39.7 Å². The van der Waals surface area contributed by atoms with Gasteiger partial charge in [0.05, 0.1) is 36.9 Å². The monoisotopic (exact) mass is 778 g/mol. The van der Waals surface area contributed by atoms with Crippen molar-refractivity contribution in [1.82, 2.24) is 20.3 Å². The van der Waals surface area contributed by atoms with Crippen LogP contribution in [0.25, 0.3) is 0 Å². The van der Waals surface area contributed by atoms with Crippen LogP contribution < -0.4 is 20.5 Å². The second-order valence-corrected chi connectivity index (χ2v) is 17.8. The minimum atomic E-state index is -5.19. The van der Waals surface area contributed by atoms with Crippen molar-refractivity contribution in [3.8, 4) is 0 Å². The molecule has 3 N–H and O–H groups in total. The molecular weight excluding hydrogens is 725 g/mol. The first-order chi connectivity index (χ1) is 24.7. The summed E-state index contributed by atoms with van der Waals surface area (Å²) in [6.07, 6.45) is 4.21. The van der Waals surface area contributed by atoms with Crippen molar-refractivity contribution in [3.63, 3.8) is 0 Å². The van der Waals surface area contributed by atoms with Crippen molar-refractivity contribution in [2.24, 2.45) is 17.3 Å². The van der Waals surface area contributed by atoms with Gasteiger partial charge < -0.3 is 34.9 Å². The molecule has 0 aromatic heterocycles. The Morgan fingerprint density at radius 2 is 1.68 bits per heavy atom. The van der Waals surface area contributed by atoms with Crippen molar-refractivity contribution in [3.05, 3.63) is 12.7 Å². The lowest BCUT2D eigenvalue weighted by Gasteiger charge is -2.35. The number of hydrogen-bond donors (Lipinski definition) is 3. The van der Waals surface area contributed by atoms with E-state index in [9.17, 15) is 40.8 Å². The summed E-state index contributed by atoms with van der Waals surface area (Å²) < 4.78 is 70.8. The number of carboxylic acid groups (broad SMARTS) is 1. The maximum atomic E-state index is 14.3. The molecule has 18 heteroatoms. The third kappa shape index (κ3) is 11.4. The molecule has 3 heterocycles. The Morgan fingerprint density at radius 3 is 2.26 bits per heavy atom. The van der Waals surface area contributed by atoms with Crippen molar-refractivity contribution in [1.29, 1.82) is 0 Å². The molecule has 5 rings (SSSR count). The number of carbonyl (C=O) groups is 5. The molecule has 4 bridgehead atoms. The summed E-state index contributed by atoms with van der Waals surface area (Å²) in [5, 5.41) is 14.7. The van der Waals surface area contributed by atoms with Gasteiger partial charge >= 0.3 is 13.6 Å². The molecule has 3 aliphatic heterocycles. The smallest absolute Gasteiger partial charge is 0.542 e. The Bertz CT molecular complexity index is 1510. The lowest BCUT2D eigenvalue weighted by atomic mass is 9.77. The topological polar surface area (TPSA) is 200 Å². The first-order valence-electron chi connectivity index (χ1n) is 18.3. The average molecular weight is 779 g/mol. The van der Waals surface area contributed by atoms with Crippen LogP contribution in [0, 0.1) is 17.3 Å². The van der Waals surface area contributed by atoms with E-state index in [0.717, 1.165) is 44.9 Å². The fraction of sp³-hybridized carbons (Fsp3) is 0.800. The van der Waals surface area contributed by atoms with Crippen molar-refractivity contribution in [2.45, 2.75) is 139 Å². The second kappa shape index (κ2) is 17.0. The van der Waals surface area contributed by atoms with Gasteiger partial charge in [-0.1, -0.05) is 46.1 Å². The molecule has 7 atom stereocenters. The number of carboxylic acids is 1. The molecule has 0 radical (unpaired) electrons. The third-order valence-electron chi connectivity index (χ3n) is 10.6. The molecular formula is C35H53F3N4O10S. The zero-order chi connectivity index (χ0) is 39.4. The number of esters is 1. The number of halogens is 3. The molecule has 3 saturated heterocycles. The number of nitrogens with one attached hydrogen (secondary N) is 3. The van der Waals surface area contributed by atoms with Crippen LogP contribution in [0.2, 0.25) is 0 Å². The highest BCUT2D eigenvalue weighted by atomic mass is 32.2. The van der Waals surface area contributed by atoms with E-state index in [2.05, 4.69) is 21.9 Å². The normalized spacial score (nSPS) is 31.8. The Labute approximate surface area is 309 Å². The SMILES string of the molecule is C=C[C@@H]1C[C@]1(NC(=O)[C@@H]1C[C@@H]2CN1C(=O)[C@H](C(C)(C)C)CC(=O)OCCCCCC1CCCC(CO2)N1)C(=O)NS(=O)(=O)C1CC1.O=C([O-])C(F)(F)F.[H+]. The van der Waals surface area contributed by atoms with Crippen LogP contribution in [0.15, 0.2) is 12.7 Å². The number of hydrogen-bond acceptors (Lipinski definition) is 11. The fourth-order valence-electron chi connectivity index (χ4n) is 7.20. The molecule has 0 aromatic carbocycles. The van der Waals surface area contributed by atoms with Gasteiger partial charge in [0.25, 0.3) is 5.91 Å². The fourth-order valence-corrected chi connectivity index (χ4v) is 8.56. The number of rotatable bonds is 6. The number of amides is 3. The highest BCUT2D eigenvalue weighted by Crippen LogP contribution is 2.45. The first-order valence-corrected chi connectivity index (χ1v) is 19.8. The molecule has 5 fully saturated rings. The Balaban J connectivity index is 0.000000893. The van der Waals surface area contributed by atoms with Gasteiger partial charge in [-0.25, -0.2) is 8.42 Å². The largest absolute Gasteiger partial charge is 1.00 e. The number of fused-ring (bicyclic) bond motifs is 4. The van der Waals surface area contributed by atoms with Crippen LogP contribution in [-0.4, -0.2) is 104 Å². The molecule has 5 aliphatic rings. The summed E-state index contributed by atoms with van der Waals surface area (Å²) in [5.74, 6) is -6.35. The van der Waals surface area contributed by atoms with Crippen LogP contribution >= 0.6 is 0 Å². The summed E-state index contributed by atoms with van der Waals surface area (Å²) in [5.41, 5.74) is -2.07. The Hall–Kier alpha value is -3.25. The van der Waals surface area contributed by atoms with E-state index in [1.165, 1.54) is 11.0 Å². The molecule has 0 spiro atoms. The van der Waals surface area contributed by atoms with Gasteiger partial charge in [-0.05, 0) is 50.4 Å². The molecule has 2 aliphatic carbocycles. The van der Waals surface area contributed by atoms with E-state index < -0.39 is 80.1 Å². The van der Waals surface area contributed by atoms with Crippen molar-refractivity contribution < 1.29 is 61.6 Å². The summed E-state index contributed by atoms with van der Waals surface area (Å²) in [7, 11) is -3.83. The van der Waals surface area contributed by atoms with E-state index in [1.807, 2.05) is 20.8 Å². The zero-order valence-corrected chi connectivity index (χ0v) is 31.3. The third-order valence-corrected chi connectivity index (χ3v) is 12.4. The predicted octanol–water partition coefficient (Wildman–Crippen LogP) is 1.73. The van der Waals surface area contributed by atoms with E-state index in [-0.39, 0.29) is 39.2 Å². The average Bonchev–Trinajstić information content (AvgIpc) is 3.99. The highest BCUT2D eigenvalue weighted by Gasteiger charge is 2.62. The Morgan fingerprint density at radius 1 is 1.04 bits per heavy atom.